The number of carbonyl (C=O) groups is 1. The summed E-state index contributed by atoms with van der Waals surface area (Å²) in [6, 6.07) is 10.8. The minimum atomic E-state index is -0.627. The molecule has 0 N–H and O–H groups in total. The number of benzene rings is 1. The molecule has 0 bridgehead atoms. The van der Waals surface area contributed by atoms with Crippen molar-refractivity contribution < 1.29 is 19.0 Å². The maximum absolute atomic E-state index is 12.8. The Balaban J connectivity index is 2.18. The third-order valence-electron chi connectivity index (χ3n) is 3.68. The van der Waals surface area contributed by atoms with Gasteiger partial charge in [-0.25, -0.2) is 9.36 Å². The van der Waals surface area contributed by atoms with E-state index in [0.717, 1.165) is 11.3 Å². The molecule has 0 radical (unpaired) electrons. The number of carbonyl (C=O) groups excluding carboxylic acids is 1. The Morgan fingerprint density at radius 3 is 2.44 bits per heavy atom. The molecule has 2 aromatic heterocycles. The van der Waals surface area contributed by atoms with Gasteiger partial charge in [0, 0.05) is 6.07 Å². The molecule has 0 aliphatic rings. The Kier molecular flexibility index (Phi) is 4.12. The fourth-order valence-electron chi connectivity index (χ4n) is 2.62. The van der Waals surface area contributed by atoms with Crippen LogP contribution >= 0.6 is 0 Å². The van der Waals surface area contributed by atoms with Crippen LogP contribution in [0.25, 0.3) is 22.2 Å². The second kappa shape index (κ2) is 6.12. The number of pyridine rings is 1. The monoisotopic (exact) mass is 340 g/mol. The Morgan fingerprint density at radius 1 is 1.16 bits per heavy atom. The highest BCUT2D eigenvalue weighted by Gasteiger charge is 2.23. The number of nitrogens with zero attached hydrogens (tertiary/aromatic N) is 2. The minimum Gasteiger partial charge on any atom is -0.619 e. The van der Waals surface area contributed by atoms with Gasteiger partial charge in [0.15, 0.2) is 12.4 Å². The standard InChI is InChI=1S/C19H20N2O4/c1-19(2,3)25-18(22)21-16-9-10-20(23)12-14(16)11-17(21)13-5-7-15(24-4)8-6-13/h5-12H,1-4H3. The smallest absolute Gasteiger partial charge is 0.419 e. The number of fused-ring (bicyclic) bond motifs is 1. The summed E-state index contributed by atoms with van der Waals surface area (Å²) in [5.41, 5.74) is 1.46. The van der Waals surface area contributed by atoms with E-state index in [1.54, 1.807) is 19.2 Å². The predicted molar refractivity (Wildman–Crippen MR) is 94.5 cm³/mol. The molecular weight excluding hydrogens is 320 g/mol. The number of aromatic nitrogens is 2. The van der Waals surface area contributed by atoms with Crippen molar-refractivity contribution in [2.45, 2.75) is 26.4 Å². The highest BCUT2D eigenvalue weighted by molar-refractivity contribution is 5.95. The molecule has 0 amide bonds. The lowest BCUT2D eigenvalue weighted by Gasteiger charge is -2.21. The molecule has 0 unspecified atom stereocenters. The van der Waals surface area contributed by atoms with Gasteiger partial charge in [0.25, 0.3) is 0 Å². The van der Waals surface area contributed by atoms with Crippen molar-refractivity contribution in [2.24, 2.45) is 0 Å². The second-order valence-electron chi connectivity index (χ2n) is 6.72. The zero-order chi connectivity index (χ0) is 18.2. The molecule has 0 aliphatic heterocycles. The van der Waals surface area contributed by atoms with Crippen LogP contribution in [0, 0.1) is 5.21 Å². The molecule has 2 heterocycles. The first-order valence-corrected chi connectivity index (χ1v) is 7.90. The number of hydrogen-bond donors (Lipinski definition) is 0. The summed E-state index contributed by atoms with van der Waals surface area (Å²) >= 11 is 0. The largest absolute Gasteiger partial charge is 0.619 e. The quantitative estimate of drug-likeness (QED) is 0.526. The molecule has 6 nitrogen and oxygen atoms in total. The van der Waals surface area contributed by atoms with Crippen LogP contribution in [0.1, 0.15) is 20.8 Å². The molecule has 25 heavy (non-hydrogen) atoms. The molecule has 0 aliphatic carbocycles. The van der Waals surface area contributed by atoms with E-state index >= 15 is 0 Å². The fourth-order valence-corrected chi connectivity index (χ4v) is 2.62. The lowest BCUT2D eigenvalue weighted by molar-refractivity contribution is -0.603. The molecule has 0 fully saturated rings. The number of rotatable bonds is 2. The van der Waals surface area contributed by atoms with Gasteiger partial charge < -0.3 is 14.7 Å². The van der Waals surface area contributed by atoms with Gasteiger partial charge in [0.2, 0.25) is 0 Å². The van der Waals surface area contributed by atoms with Gasteiger partial charge >= 0.3 is 6.09 Å². The third-order valence-corrected chi connectivity index (χ3v) is 3.68. The summed E-state index contributed by atoms with van der Waals surface area (Å²) in [4.78, 5) is 12.8. The van der Waals surface area contributed by atoms with Crippen LogP contribution in [0.15, 0.2) is 48.8 Å². The maximum Gasteiger partial charge on any atom is 0.419 e. The molecule has 3 rings (SSSR count). The summed E-state index contributed by atoms with van der Waals surface area (Å²) < 4.78 is 12.9. The summed E-state index contributed by atoms with van der Waals surface area (Å²) in [6.07, 6.45) is 2.31. The molecule has 1 aromatic carbocycles. The van der Waals surface area contributed by atoms with E-state index < -0.39 is 11.7 Å². The zero-order valence-corrected chi connectivity index (χ0v) is 14.6. The van der Waals surface area contributed by atoms with Gasteiger partial charge in [0.1, 0.15) is 11.4 Å². The highest BCUT2D eigenvalue weighted by atomic mass is 16.6. The molecule has 3 aromatic rings. The number of ether oxygens (including phenoxy) is 2. The van der Waals surface area contributed by atoms with E-state index in [9.17, 15) is 10.0 Å². The van der Waals surface area contributed by atoms with Crippen molar-refractivity contribution in [3.05, 3.63) is 54.0 Å². The molecular formula is C19H20N2O4. The molecule has 0 saturated heterocycles. The van der Waals surface area contributed by atoms with Crippen LogP contribution < -0.4 is 9.47 Å². The minimum absolute atomic E-state index is 0.489. The first kappa shape index (κ1) is 16.8. The van der Waals surface area contributed by atoms with Crippen molar-refractivity contribution in [1.82, 2.24) is 4.57 Å². The van der Waals surface area contributed by atoms with Gasteiger partial charge in [-0.05, 0) is 56.7 Å². The van der Waals surface area contributed by atoms with E-state index in [0.29, 0.717) is 21.3 Å². The zero-order valence-electron chi connectivity index (χ0n) is 14.6. The molecule has 0 saturated carbocycles. The lowest BCUT2D eigenvalue weighted by atomic mass is 10.1. The molecule has 0 atom stereocenters. The van der Waals surface area contributed by atoms with Gasteiger partial charge in [0.05, 0.1) is 23.7 Å². The topological polar surface area (TPSA) is 67.4 Å². The maximum atomic E-state index is 12.8. The van der Waals surface area contributed by atoms with Crippen molar-refractivity contribution in [2.75, 3.05) is 7.11 Å². The summed E-state index contributed by atoms with van der Waals surface area (Å²) in [7, 11) is 1.60. The van der Waals surface area contributed by atoms with Crippen molar-refractivity contribution in [3.8, 4) is 17.0 Å². The van der Waals surface area contributed by atoms with Gasteiger partial charge in [-0.2, -0.15) is 4.73 Å². The van der Waals surface area contributed by atoms with E-state index in [1.807, 2.05) is 45.0 Å². The van der Waals surface area contributed by atoms with Crippen molar-refractivity contribution in [3.63, 3.8) is 0 Å². The molecule has 0 spiro atoms. The lowest BCUT2D eigenvalue weighted by Crippen LogP contribution is -2.28. The van der Waals surface area contributed by atoms with E-state index in [1.165, 1.54) is 17.0 Å². The number of methoxy groups -OCH3 is 1. The average Bonchev–Trinajstić information content (AvgIpc) is 2.91. The average molecular weight is 340 g/mol. The summed E-state index contributed by atoms with van der Waals surface area (Å²) in [5.74, 6) is 0.723. The van der Waals surface area contributed by atoms with E-state index in [-0.39, 0.29) is 0 Å². The normalized spacial score (nSPS) is 11.5. The fraction of sp³-hybridized carbons (Fsp3) is 0.263. The van der Waals surface area contributed by atoms with Gasteiger partial charge in [-0.15, -0.1) is 0 Å². The Morgan fingerprint density at radius 2 is 1.84 bits per heavy atom. The Bertz CT molecular complexity index is 921. The van der Waals surface area contributed by atoms with Crippen LogP contribution in [0.5, 0.6) is 5.75 Å². The summed E-state index contributed by atoms with van der Waals surface area (Å²) in [5, 5.41) is 12.3. The first-order valence-electron chi connectivity index (χ1n) is 7.90. The highest BCUT2D eigenvalue weighted by Crippen LogP contribution is 2.29. The van der Waals surface area contributed by atoms with Crippen molar-refractivity contribution in [1.29, 1.82) is 0 Å². The first-order chi connectivity index (χ1) is 11.8. The van der Waals surface area contributed by atoms with E-state index in [4.69, 9.17) is 9.47 Å². The van der Waals surface area contributed by atoms with Crippen molar-refractivity contribution >= 4 is 17.0 Å². The number of hydrogen-bond acceptors (Lipinski definition) is 4. The second-order valence-corrected chi connectivity index (χ2v) is 6.72. The van der Waals surface area contributed by atoms with Crippen LogP contribution in [0.2, 0.25) is 0 Å². The predicted octanol–water partition coefficient (Wildman–Crippen LogP) is 3.73. The van der Waals surface area contributed by atoms with Crippen LogP contribution in [-0.2, 0) is 4.74 Å². The molecule has 6 heteroatoms. The molecule has 130 valence electrons. The van der Waals surface area contributed by atoms with Gasteiger partial charge in [-0.3, -0.25) is 0 Å². The van der Waals surface area contributed by atoms with Gasteiger partial charge in [-0.1, -0.05) is 0 Å². The van der Waals surface area contributed by atoms with E-state index in [2.05, 4.69) is 0 Å². The van der Waals surface area contributed by atoms with Crippen LogP contribution in [-0.4, -0.2) is 23.4 Å². The summed E-state index contributed by atoms with van der Waals surface area (Å²) in [6.45, 7) is 5.44. The Labute approximate surface area is 145 Å². The van der Waals surface area contributed by atoms with Crippen LogP contribution in [0.3, 0.4) is 0 Å². The third kappa shape index (κ3) is 3.42. The van der Waals surface area contributed by atoms with Crippen LogP contribution in [0.4, 0.5) is 4.79 Å². The Hall–Kier alpha value is -3.02. The SMILES string of the molecule is COc1ccc(-c2cc3c[n+]([O-])ccc3n2C(=O)OC(C)(C)C)cc1.